The lowest BCUT2D eigenvalue weighted by Gasteiger charge is -2.07. The molecule has 0 amide bonds. The summed E-state index contributed by atoms with van der Waals surface area (Å²) in [6.45, 7) is 1.58. The van der Waals surface area contributed by atoms with Gasteiger partial charge in [-0.15, -0.1) is 0 Å². The van der Waals surface area contributed by atoms with E-state index in [1.165, 1.54) is 0 Å². The summed E-state index contributed by atoms with van der Waals surface area (Å²) in [6.07, 6.45) is 3.59. The van der Waals surface area contributed by atoms with Crippen LogP contribution >= 0.6 is 0 Å². The largest absolute Gasteiger partial charge is 0.482 e. The van der Waals surface area contributed by atoms with Crippen molar-refractivity contribution >= 4 is 5.97 Å². The van der Waals surface area contributed by atoms with Crippen LogP contribution in [0.5, 0.6) is 5.75 Å². The molecule has 0 aliphatic heterocycles. The Morgan fingerprint density at radius 1 is 1.41 bits per heavy atom. The molecular weight excluding hydrogens is 220 g/mol. The Kier molecular flexibility index (Phi) is 3.09. The van der Waals surface area contributed by atoms with Gasteiger partial charge in [0.1, 0.15) is 11.6 Å². The summed E-state index contributed by atoms with van der Waals surface area (Å²) in [5, 5.41) is 8.48. The second-order valence-corrected chi connectivity index (χ2v) is 3.52. The van der Waals surface area contributed by atoms with Gasteiger partial charge in [-0.25, -0.2) is 9.78 Å². The topological polar surface area (TPSA) is 64.4 Å². The van der Waals surface area contributed by atoms with Gasteiger partial charge in [-0.05, 0) is 31.2 Å². The zero-order valence-corrected chi connectivity index (χ0v) is 9.33. The predicted molar refractivity (Wildman–Crippen MR) is 61.4 cm³/mol. The number of nitrogens with zero attached hydrogens (tertiary/aromatic N) is 2. The standard InChI is InChI=1S/C12H12N2O3/c1-9-13-6-7-14(9)10-2-4-11(5-3-10)17-8-12(15)16/h2-7H,8H2,1H3,(H,15,16). The molecule has 17 heavy (non-hydrogen) atoms. The molecule has 1 heterocycles. The van der Waals surface area contributed by atoms with Crippen molar-refractivity contribution < 1.29 is 14.6 Å². The van der Waals surface area contributed by atoms with Crippen LogP contribution in [-0.4, -0.2) is 27.2 Å². The number of carboxylic acids is 1. The molecule has 5 nitrogen and oxygen atoms in total. The Morgan fingerprint density at radius 2 is 2.12 bits per heavy atom. The van der Waals surface area contributed by atoms with Crippen LogP contribution in [-0.2, 0) is 4.79 Å². The molecule has 88 valence electrons. The zero-order chi connectivity index (χ0) is 12.3. The Balaban J connectivity index is 2.13. The maximum absolute atomic E-state index is 10.3. The van der Waals surface area contributed by atoms with Crippen LogP contribution < -0.4 is 4.74 Å². The van der Waals surface area contributed by atoms with Gasteiger partial charge in [0, 0.05) is 18.1 Å². The lowest BCUT2D eigenvalue weighted by molar-refractivity contribution is -0.139. The third kappa shape index (κ3) is 2.63. The molecule has 1 N–H and O–H groups in total. The first-order valence-electron chi connectivity index (χ1n) is 5.12. The number of aliphatic carboxylic acids is 1. The summed E-state index contributed by atoms with van der Waals surface area (Å²) in [7, 11) is 0. The highest BCUT2D eigenvalue weighted by atomic mass is 16.5. The van der Waals surface area contributed by atoms with E-state index in [2.05, 4.69) is 4.98 Å². The van der Waals surface area contributed by atoms with Gasteiger partial charge in [-0.1, -0.05) is 0 Å². The summed E-state index contributed by atoms with van der Waals surface area (Å²) >= 11 is 0. The molecule has 0 spiro atoms. The van der Waals surface area contributed by atoms with Crippen molar-refractivity contribution in [3.8, 4) is 11.4 Å². The van der Waals surface area contributed by atoms with E-state index in [0.717, 1.165) is 11.5 Å². The first kappa shape index (κ1) is 11.2. The van der Waals surface area contributed by atoms with Crippen LogP contribution in [0.15, 0.2) is 36.7 Å². The van der Waals surface area contributed by atoms with E-state index in [-0.39, 0.29) is 6.61 Å². The Hall–Kier alpha value is -2.30. The Bertz CT molecular complexity index is 517. The molecule has 5 heteroatoms. The summed E-state index contributed by atoms with van der Waals surface area (Å²) in [5.74, 6) is 0.442. The summed E-state index contributed by atoms with van der Waals surface area (Å²) < 4.78 is 6.98. The summed E-state index contributed by atoms with van der Waals surface area (Å²) in [5.41, 5.74) is 0.961. The average molecular weight is 232 g/mol. The highest BCUT2D eigenvalue weighted by molar-refractivity contribution is 5.68. The van der Waals surface area contributed by atoms with Gasteiger partial charge in [0.05, 0.1) is 0 Å². The van der Waals surface area contributed by atoms with Gasteiger partial charge < -0.3 is 14.4 Å². The first-order chi connectivity index (χ1) is 8.16. The fourth-order valence-electron chi connectivity index (χ4n) is 1.50. The monoisotopic (exact) mass is 232 g/mol. The highest BCUT2D eigenvalue weighted by Gasteiger charge is 2.02. The Labute approximate surface area is 98.3 Å². The molecule has 0 saturated carbocycles. The smallest absolute Gasteiger partial charge is 0.341 e. The minimum Gasteiger partial charge on any atom is -0.482 e. The fraction of sp³-hybridized carbons (Fsp3) is 0.167. The van der Waals surface area contributed by atoms with Crippen LogP contribution in [0.3, 0.4) is 0 Å². The van der Waals surface area contributed by atoms with Gasteiger partial charge in [0.25, 0.3) is 0 Å². The Morgan fingerprint density at radius 3 is 2.65 bits per heavy atom. The lowest BCUT2D eigenvalue weighted by atomic mass is 10.3. The first-order valence-corrected chi connectivity index (χ1v) is 5.12. The van der Waals surface area contributed by atoms with E-state index in [1.54, 1.807) is 18.3 Å². The van der Waals surface area contributed by atoms with Crippen molar-refractivity contribution in [3.63, 3.8) is 0 Å². The SMILES string of the molecule is Cc1nccn1-c1ccc(OCC(=O)O)cc1. The third-order valence-corrected chi connectivity index (χ3v) is 2.30. The van der Waals surface area contributed by atoms with Gasteiger partial charge >= 0.3 is 5.97 Å². The minimum absolute atomic E-state index is 0.330. The predicted octanol–water partition coefficient (Wildman–Crippen LogP) is 1.64. The molecule has 0 saturated heterocycles. The molecule has 0 aliphatic carbocycles. The van der Waals surface area contributed by atoms with Gasteiger partial charge in [-0.3, -0.25) is 0 Å². The highest BCUT2D eigenvalue weighted by Crippen LogP contribution is 2.16. The van der Waals surface area contributed by atoms with Crippen molar-refractivity contribution in [3.05, 3.63) is 42.5 Å². The van der Waals surface area contributed by atoms with Crippen molar-refractivity contribution in [1.29, 1.82) is 0 Å². The van der Waals surface area contributed by atoms with Crippen molar-refractivity contribution in [2.45, 2.75) is 6.92 Å². The molecule has 2 aromatic rings. The molecule has 0 unspecified atom stereocenters. The number of aryl methyl sites for hydroxylation is 1. The fourth-order valence-corrected chi connectivity index (χ4v) is 1.50. The molecule has 1 aromatic carbocycles. The number of ether oxygens (including phenoxy) is 1. The van der Waals surface area contributed by atoms with Crippen LogP contribution in [0.2, 0.25) is 0 Å². The number of hydrogen-bond donors (Lipinski definition) is 1. The van der Waals surface area contributed by atoms with Crippen LogP contribution in [0.4, 0.5) is 0 Å². The normalized spacial score (nSPS) is 10.2. The quantitative estimate of drug-likeness (QED) is 0.870. The van der Waals surface area contributed by atoms with Crippen LogP contribution in [0.25, 0.3) is 5.69 Å². The van der Waals surface area contributed by atoms with Crippen molar-refractivity contribution in [1.82, 2.24) is 9.55 Å². The molecule has 0 radical (unpaired) electrons. The third-order valence-electron chi connectivity index (χ3n) is 2.30. The van der Waals surface area contributed by atoms with Gasteiger partial charge in [0.2, 0.25) is 0 Å². The maximum Gasteiger partial charge on any atom is 0.341 e. The lowest BCUT2D eigenvalue weighted by Crippen LogP contribution is -2.09. The second-order valence-electron chi connectivity index (χ2n) is 3.52. The van der Waals surface area contributed by atoms with Crippen LogP contribution in [0, 0.1) is 6.92 Å². The van der Waals surface area contributed by atoms with E-state index >= 15 is 0 Å². The summed E-state index contributed by atoms with van der Waals surface area (Å²) in [6, 6.07) is 7.17. The number of imidazole rings is 1. The van der Waals surface area contributed by atoms with Crippen molar-refractivity contribution in [2.75, 3.05) is 6.61 Å². The molecular formula is C12H12N2O3. The van der Waals surface area contributed by atoms with Gasteiger partial charge in [0.15, 0.2) is 6.61 Å². The number of benzene rings is 1. The maximum atomic E-state index is 10.3. The zero-order valence-electron chi connectivity index (χ0n) is 9.33. The average Bonchev–Trinajstić information content (AvgIpc) is 2.73. The van der Waals surface area contributed by atoms with E-state index in [4.69, 9.17) is 9.84 Å². The number of carbonyl (C=O) groups is 1. The summed E-state index contributed by atoms with van der Waals surface area (Å²) in [4.78, 5) is 14.5. The number of aromatic nitrogens is 2. The number of rotatable bonds is 4. The minimum atomic E-state index is -0.987. The molecule has 0 atom stereocenters. The molecule has 0 bridgehead atoms. The molecule has 1 aromatic heterocycles. The molecule has 0 fully saturated rings. The van der Waals surface area contributed by atoms with Crippen LogP contribution in [0.1, 0.15) is 5.82 Å². The van der Waals surface area contributed by atoms with Gasteiger partial charge in [-0.2, -0.15) is 0 Å². The number of carboxylic acid groups (broad SMARTS) is 1. The van der Waals surface area contributed by atoms with Crippen molar-refractivity contribution in [2.24, 2.45) is 0 Å². The van der Waals surface area contributed by atoms with E-state index in [0.29, 0.717) is 5.75 Å². The van der Waals surface area contributed by atoms with E-state index < -0.39 is 5.97 Å². The van der Waals surface area contributed by atoms with E-state index in [1.807, 2.05) is 29.8 Å². The van der Waals surface area contributed by atoms with E-state index in [9.17, 15) is 4.79 Å². The number of hydrogen-bond acceptors (Lipinski definition) is 3. The molecule has 0 aliphatic rings. The second kappa shape index (κ2) is 4.69. The molecule has 2 rings (SSSR count).